The number of hydrogen-bond donors (Lipinski definition) is 0. The molecule has 0 amide bonds. The van der Waals surface area contributed by atoms with Gasteiger partial charge in [-0.05, 0) is 79.9 Å². The van der Waals surface area contributed by atoms with Gasteiger partial charge in [-0.3, -0.25) is 0 Å². The molecule has 0 saturated carbocycles. The van der Waals surface area contributed by atoms with Gasteiger partial charge in [0.15, 0.2) is 0 Å². The van der Waals surface area contributed by atoms with Crippen molar-refractivity contribution in [3.63, 3.8) is 0 Å². The first kappa shape index (κ1) is 20.8. The van der Waals surface area contributed by atoms with Gasteiger partial charge in [-0.15, -0.1) is 0 Å². The van der Waals surface area contributed by atoms with E-state index in [1.165, 1.54) is 11.1 Å². The van der Waals surface area contributed by atoms with Crippen LogP contribution in [-0.2, 0) is 13.2 Å². The van der Waals surface area contributed by atoms with Gasteiger partial charge >= 0.3 is 0 Å². The summed E-state index contributed by atoms with van der Waals surface area (Å²) in [6.45, 7) is 6.04. The van der Waals surface area contributed by atoms with Gasteiger partial charge in [-0.25, -0.2) is 4.98 Å². The molecule has 0 unspecified atom stereocenters. The smallest absolute Gasteiger partial charge is 0.147 e. The zero-order valence-corrected chi connectivity index (χ0v) is 18.3. The summed E-state index contributed by atoms with van der Waals surface area (Å²) in [6, 6.07) is 22.1. The Morgan fingerprint density at radius 2 is 1.52 bits per heavy atom. The first-order valence-corrected chi connectivity index (χ1v) is 10.5. The van der Waals surface area contributed by atoms with Crippen LogP contribution in [0.2, 0.25) is 0 Å². The second kappa shape index (κ2) is 9.56. The lowest BCUT2D eigenvalue weighted by Gasteiger charge is -2.12. The quantitative estimate of drug-likeness (QED) is 0.328. The van der Waals surface area contributed by atoms with Gasteiger partial charge in [-0.1, -0.05) is 18.2 Å². The number of hydrogen-bond acceptors (Lipinski definition) is 4. The van der Waals surface area contributed by atoms with Crippen LogP contribution < -0.4 is 14.2 Å². The normalized spacial score (nSPS) is 10.9. The Hall–Kier alpha value is -3.47. The van der Waals surface area contributed by atoms with E-state index in [1.807, 2.05) is 42.5 Å². The van der Waals surface area contributed by atoms with Crippen molar-refractivity contribution in [2.45, 2.75) is 33.4 Å². The number of rotatable bonds is 9. The molecule has 4 rings (SSSR count). The molecule has 160 valence electrons. The molecule has 0 N–H and O–H groups in total. The summed E-state index contributed by atoms with van der Waals surface area (Å²) in [7, 11) is 1.65. The molecule has 0 bridgehead atoms. The topological polar surface area (TPSA) is 45.5 Å². The van der Waals surface area contributed by atoms with Gasteiger partial charge < -0.3 is 18.8 Å². The number of aromatic nitrogens is 2. The summed E-state index contributed by atoms with van der Waals surface area (Å²) in [5, 5.41) is 0. The second-order valence-corrected chi connectivity index (χ2v) is 7.66. The van der Waals surface area contributed by atoms with Crippen molar-refractivity contribution in [3.8, 4) is 17.2 Å². The monoisotopic (exact) mass is 416 g/mol. The SMILES string of the molecule is COc1ccc(OCc2nc3ccccc3n2CCCOc2cc(C)cc(C)c2)cc1. The molecule has 0 aliphatic rings. The molecular weight excluding hydrogens is 388 g/mol. The summed E-state index contributed by atoms with van der Waals surface area (Å²) in [5.41, 5.74) is 4.52. The molecule has 0 fully saturated rings. The van der Waals surface area contributed by atoms with Crippen LogP contribution in [0.15, 0.2) is 66.7 Å². The molecule has 5 nitrogen and oxygen atoms in total. The highest BCUT2D eigenvalue weighted by molar-refractivity contribution is 5.75. The minimum atomic E-state index is 0.402. The summed E-state index contributed by atoms with van der Waals surface area (Å²) < 4.78 is 19.4. The van der Waals surface area contributed by atoms with Crippen LogP contribution in [0.1, 0.15) is 23.4 Å². The van der Waals surface area contributed by atoms with Crippen LogP contribution in [0.4, 0.5) is 0 Å². The molecule has 0 aliphatic carbocycles. The van der Waals surface area contributed by atoms with Crippen molar-refractivity contribution in [2.24, 2.45) is 0 Å². The fraction of sp³-hybridized carbons (Fsp3) is 0.269. The van der Waals surface area contributed by atoms with E-state index in [2.05, 4.69) is 42.7 Å². The minimum absolute atomic E-state index is 0.402. The third-order valence-electron chi connectivity index (χ3n) is 5.15. The van der Waals surface area contributed by atoms with E-state index in [-0.39, 0.29) is 0 Å². The number of methoxy groups -OCH3 is 1. The first-order chi connectivity index (χ1) is 15.1. The van der Waals surface area contributed by atoms with E-state index in [0.717, 1.165) is 47.1 Å². The number of nitrogens with zero attached hydrogens (tertiary/aromatic N) is 2. The van der Waals surface area contributed by atoms with Crippen molar-refractivity contribution in [1.29, 1.82) is 0 Å². The van der Waals surface area contributed by atoms with E-state index >= 15 is 0 Å². The summed E-state index contributed by atoms with van der Waals surface area (Å²) >= 11 is 0. The molecule has 1 heterocycles. The fourth-order valence-electron chi connectivity index (χ4n) is 3.73. The third-order valence-corrected chi connectivity index (χ3v) is 5.15. The Balaban J connectivity index is 1.43. The number of fused-ring (bicyclic) bond motifs is 1. The van der Waals surface area contributed by atoms with Crippen LogP contribution >= 0.6 is 0 Å². The van der Waals surface area contributed by atoms with E-state index in [1.54, 1.807) is 7.11 Å². The molecule has 1 aromatic heterocycles. The molecule has 0 aliphatic heterocycles. The summed E-state index contributed by atoms with van der Waals surface area (Å²) in [6.07, 6.45) is 0.878. The maximum absolute atomic E-state index is 5.99. The van der Waals surface area contributed by atoms with Crippen LogP contribution in [0, 0.1) is 13.8 Å². The van der Waals surface area contributed by atoms with E-state index in [4.69, 9.17) is 19.2 Å². The maximum atomic E-state index is 5.99. The zero-order chi connectivity index (χ0) is 21.6. The van der Waals surface area contributed by atoms with E-state index < -0.39 is 0 Å². The standard InChI is InChI=1S/C26H28N2O3/c1-19-15-20(2)17-23(16-19)30-14-6-13-28-25-8-5-4-7-24(25)27-26(28)18-31-22-11-9-21(29-3)10-12-22/h4-5,7-12,15-17H,6,13-14,18H2,1-3H3. The second-order valence-electron chi connectivity index (χ2n) is 7.66. The Morgan fingerprint density at radius 1 is 0.806 bits per heavy atom. The molecule has 0 saturated heterocycles. The molecule has 0 spiro atoms. The summed E-state index contributed by atoms with van der Waals surface area (Å²) in [4.78, 5) is 4.79. The highest BCUT2D eigenvalue weighted by Gasteiger charge is 2.11. The number of benzene rings is 3. The number of aryl methyl sites for hydroxylation is 3. The van der Waals surface area contributed by atoms with Crippen molar-refractivity contribution < 1.29 is 14.2 Å². The van der Waals surface area contributed by atoms with Crippen LogP contribution in [-0.4, -0.2) is 23.3 Å². The van der Waals surface area contributed by atoms with Crippen molar-refractivity contribution >= 4 is 11.0 Å². The number of ether oxygens (including phenoxy) is 3. The Kier molecular flexibility index (Phi) is 6.41. The predicted molar refractivity (Wildman–Crippen MR) is 123 cm³/mol. The van der Waals surface area contributed by atoms with Crippen LogP contribution in [0.3, 0.4) is 0 Å². The first-order valence-electron chi connectivity index (χ1n) is 10.5. The third kappa shape index (κ3) is 5.18. The maximum Gasteiger partial charge on any atom is 0.147 e. The van der Waals surface area contributed by atoms with Gasteiger partial charge in [0, 0.05) is 6.54 Å². The number of imidazole rings is 1. The van der Waals surface area contributed by atoms with Gasteiger partial charge in [0.2, 0.25) is 0 Å². The van der Waals surface area contributed by atoms with Crippen LogP contribution in [0.25, 0.3) is 11.0 Å². The highest BCUT2D eigenvalue weighted by Crippen LogP contribution is 2.21. The molecule has 31 heavy (non-hydrogen) atoms. The van der Waals surface area contributed by atoms with Gasteiger partial charge in [0.25, 0.3) is 0 Å². The number of para-hydroxylation sites is 2. The van der Waals surface area contributed by atoms with Gasteiger partial charge in [0.1, 0.15) is 29.7 Å². The van der Waals surface area contributed by atoms with Crippen LogP contribution in [0.5, 0.6) is 17.2 Å². The molecule has 0 atom stereocenters. The fourth-order valence-corrected chi connectivity index (χ4v) is 3.73. The van der Waals surface area contributed by atoms with Crippen molar-refractivity contribution in [1.82, 2.24) is 9.55 Å². The predicted octanol–water partition coefficient (Wildman–Crippen LogP) is 5.71. The minimum Gasteiger partial charge on any atom is -0.497 e. The van der Waals surface area contributed by atoms with Gasteiger partial charge in [-0.2, -0.15) is 0 Å². The van der Waals surface area contributed by atoms with E-state index in [0.29, 0.717) is 13.2 Å². The average Bonchev–Trinajstić information content (AvgIpc) is 3.12. The lowest BCUT2D eigenvalue weighted by molar-refractivity contribution is 0.280. The summed E-state index contributed by atoms with van der Waals surface area (Å²) in [5.74, 6) is 3.43. The van der Waals surface area contributed by atoms with Gasteiger partial charge in [0.05, 0.1) is 24.8 Å². The molecule has 3 aromatic carbocycles. The Bertz CT molecular complexity index is 1130. The molecule has 4 aromatic rings. The van der Waals surface area contributed by atoms with Crippen molar-refractivity contribution in [3.05, 3.63) is 83.7 Å². The average molecular weight is 417 g/mol. The van der Waals surface area contributed by atoms with Crippen molar-refractivity contribution in [2.75, 3.05) is 13.7 Å². The van der Waals surface area contributed by atoms with E-state index in [9.17, 15) is 0 Å². The Morgan fingerprint density at radius 3 is 2.26 bits per heavy atom. The molecule has 0 radical (unpaired) electrons. The lowest BCUT2D eigenvalue weighted by atomic mass is 10.1. The largest absolute Gasteiger partial charge is 0.497 e. The lowest BCUT2D eigenvalue weighted by Crippen LogP contribution is -2.10. The Labute approximate surface area is 183 Å². The molecular formula is C26H28N2O3. The zero-order valence-electron chi connectivity index (χ0n) is 18.3. The molecule has 5 heteroatoms. The highest BCUT2D eigenvalue weighted by atomic mass is 16.5.